The van der Waals surface area contributed by atoms with Crippen LogP contribution >= 0.6 is 0 Å². The molecule has 168 valence electrons. The highest BCUT2D eigenvalue weighted by molar-refractivity contribution is 7.86. The molecule has 1 aliphatic heterocycles. The SMILES string of the molecule is CS(=O)(=O)OC[C@H]1O[C@H](O)[C@H](OS(C)(=O)=O)[C@@H](OS(C)(=O)=O)[C@@H]1OS(C)(=O)=O. The van der Waals surface area contributed by atoms with E-state index in [4.69, 9.17) is 8.92 Å². The predicted molar refractivity (Wildman–Crippen MR) is 90.8 cm³/mol. The van der Waals surface area contributed by atoms with Crippen molar-refractivity contribution >= 4 is 40.5 Å². The summed E-state index contributed by atoms with van der Waals surface area (Å²) >= 11 is 0. The molecular formula is C10H20O14S4. The molecule has 0 amide bonds. The number of aliphatic hydroxyl groups is 1. The summed E-state index contributed by atoms with van der Waals surface area (Å²) in [5.41, 5.74) is 0. The number of aliphatic hydroxyl groups excluding tert-OH is 1. The molecule has 0 aromatic rings. The Hall–Kier alpha value is -0.440. The van der Waals surface area contributed by atoms with Crippen molar-refractivity contribution in [3.05, 3.63) is 0 Å². The van der Waals surface area contributed by atoms with E-state index in [2.05, 4.69) is 12.5 Å². The molecule has 1 rings (SSSR count). The third-order valence-corrected chi connectivity index (χ3v) is 5.19. The fraction of sp³-hybridized carbons (Fsp3) is 1.00. The minimum Gasteiger partial charge on any atom is -0.366 e. The van der Waals surface area contributed by atoms with Crippen LogP contribution in [0.2, 0.25) is 0 Å². The third kappa shape index (κ3) is 9.37. The van der Waals surface area contributed by atoms with E-state index in [1.54, 1.807) is 0 Å². The first kappa shape index (κ1) is 25.6. The van der Waals surface area contributed by atoms with Gasteiger partial charge in [-0.2, -0.15) is 33.7 Å². The zero-order valence-corrected chi connectivity index (χ0v) is 18.2. The second-order valence-electron chi connectivity index (χ2n) is 5.85. The largest absolute Gasteiger partial charge is 0.366 e. The van der Waals surface area contributed by atoms with E-state index < -0.39 is 77.8 Å². The van der Waals surface area contributed by atoms with Crippen LogP contribution in [0.1, 0.15) is 0 Å². The van der Waals surface area contributed by atoms with Crippen LogP contribution in [-0.4, -0.2) is 101 Å². The highest BCUT2D eigenvalue weighted by Gasteiger charge is 2.52. The van der Waals surface area contributed by atoms with E-state index in [1.165, 1.54) is 0 Å². The molecule has 0 saturated carbocycles. The molecule has 14 nitrogen and oxygen atoms in total. The second kappa shape index (κ2) is 8.74. The van der Waals surface area contributed by atoms with Gasteiger partial charge in [-0.15, -0.1) is 0 Å². The van der Waals surface area contributed by atoms with Crippen molar-refractivity contribution in [2.75, 3.05) is 31.6 Å². The van der Waals surface area contributed by atoms with E-state index in [0.717, 1.165) is 0 Å². The first-order chi connectivity index (χ1) is 12.3. The maximum absolute atomic E-state index is 11.6. The molecule has 1 saturated heterocycles. The number of hydrogen-bond acceptors (Lipinski definition) is 14. The highest BCUT2D eigenvalue weighted by atomic mass is 32.2. The van der Waals surface area contributed by atoms with Crippen molar-refractivity contribution in [2.24, 2.45) is 0 Å². The van der Waals surface area contributed by atoms with Crippen molar-refractivity contribution in [1.82, 2.24) is 0 Å². The van der Waals surface area contributed by atoms with Gasteiger partial charge in [0.15, 0.2) is 12.4 Å². The van der Waals surface area contributed by atoms with Gasteiger partial charge in [-0.3, -0.25) is 16.7 Å². The fourth-order valence-corrected chi connectivity index (χ4v) is 4.40. The van der Waals surface area contributed by atoms with Crippen LogP contribution in [0.3, 0.4) is 0 Å². The molecule has 0 spiro atoms. The van der Waals surface area contributed by atoms with E-state index in [0.29, 0.717) is 25.0 Å². The molecule has 0 unspecified atom stereocenters. The molecule has 1 N–H and O–H groups in total. The summed E-state index contributed by atoms with van der Waals surface area (Å²) in [5, 5.41) is 10.0. The van der Waals surface area contributed by atoms with Crippen molar-refractivity contribution in [3.63, 3.8) is 0 Å². The Morgan fingerprint density at radius 3 is 1.46 bits per heavy atom. The molecule has 0 aromatic carbocycles. The van der Waals surface area contributed by atoms with Crippen molar-refractivity contribution < 1.29 is 60.2 Å². The van der Waals surface area contributed by atoms with Gasteiger partial charge in [0.25, 0.3) is 40.5 Å². The van der Waals surface area contributed by atoms with Crippen molar-refractivity contribution in [3.8, 4) is 0 Å². The van der Waals surface area contributed by atoms with Crippen LogP contribution in [0.15, 0.2) is 0 Å². The summed E-state index contributed by atoms with van der Waals surface area (Å²) in [4.78, 5) is 0. The monoisotopic (exact) mass is 492 g/mol. The number of ether oxygens (including phenoxy) is 1. The molecule has 0 aliphatic carbocycles. The second-order valence-corrected chi connectivity index (χ2v) is 12.3. The van der Waals surface area contributed by atoms with Crippen molar-refractivity contribution in [2.45, 2.75) is 30.7 Å². The summed E-state index contributed by atoms with van der Waals surface area (Å²) in [7, 11) is -17.1. The average Bonchev–Trinajstić information content (AvgIpc) is 2.39. The zero-order chi connectivity index (χ0) is 22.1. The smallest absolute Gasteiger partial charge is 0.264 e. The van der Waals surface area contributed by atoms with Crippen molar-refractivity contribution in [1.29, 1.82) is 0 Å². The van der Waals surface area contributed by atoms with E-state index in [-0.39, 0.29) is 0 Å². The molecular weight excluding hydrogens is 472 g/mol. The molecule has 1 aliphatic rings. The lowest BCUT2D eigenvalue weighted by Crippen LogP contribution is -2.62. The molecule has 0 bridgehead atoms. The van der Waals surface area contributed by atoms with Gasteiger partial charge in [0.2, 0.25) is 0 Å². The highest BCUT2D eigenvalue weighted by Crippen LogP contribution is 2.30. The minimum atomic E-state index is -4.37. The third-order valence-electron chi connectivity index (χ3n) is 2.91. The van der Waals surface area contributed by atoms with Gasteiger partial charge in [0, 0.05) is 0 Å². The summed E-state index contributed by atoms with van der Waals surface area (Å²) in [6.07, 6.45) is -7.58. The van der Waals surface area contributed by atoms with Gasteiger partial charge >= 0.3 is 0 Å². The quantitative estimate of drug-likeness (QED) is 0.314. The molecule has 1 fully saturated rings. The normalized spacial score (nSPS) is 30.2. The van der Waals surface area contributed by atoms with Crippen LogP contribution in [0.4, 0.5) is 0 Å². The van der Waals surface area contributed by atoms with Gasteiger partial charge in [0.05, 0.1) is 31.6 Å². The average molecular weight is 493 g/mol. The van der Waals surface area contributed by atoms with Crippen LogP contribution < -0.4 is 0 Å². The minimum absolute atomic E-state index is 0.561. The van der Waals surface area contributed by atoms with Gasteiger partial charge in [-0.25, -0.2) is 0 Å². The van der Waals surface area contributed by atoms with Gasteiger partial charge in [0.1, 0.15) is 18.3 Å². The molecule has 0 radical (unpaired) electrons. The molecule has 28 heavy (non-hydrogen) atoms. The summed E-state index contributed by atoms with van der Waals surface area (Å²) < 4.78 is 115. The van der Waals surface area contributed by atoms with E-state index in [1.807, 2.05) is 0 Å². The molecule has 1 heterocycles. The standard InChI is InChI=1S/C10H20O14S4/c1-25(12,13)20-5-6-7(22-26(2,14)15)8(23-27(3,16)17)9(10(11)21-6)24-28(4,18)19/h6-11H,5H2,1-4H3/t6-,7-,8+,9-,10+/m1/s1. The molecule has 0 aromatic heterocycles. The lowest BCUT2D eigenvalue weighted by molar-refractivity contribution is -0.267. The predicted octanol–water partition coefficient (Wildman–Crippen LogP) is -3.29. The Kier molecular flexibility index (Phi) is 7.99. The molecule has 18 heteroatoms. The number of rotatable bonds is 9. The van der Waals surface area contributed by atoms with Crippen LogP contribution in [0, 0.1) is 0 Å². The summed E-state index contributed by atoms with van der Waals surface area (Å²) in [6.45, 7) is -0.911. The number of hydrogen-bond donors (Lipinski definition) is 1. The van der Waals surface area contributed by atoms with Crippen LogP contribution in [0.25, 0.3) is 0 Å². The Labute approximate surface area is 163 Å². The summed E-state index contributed by atoms with van der Waals surface area (Å²) in [5.74, 6) is 0. The fourth-order valence-electron chi connectivity index (χ4n) is 2.15. The molecule has 5 atom stereocenters. The van der Waals surface area contributed by atoms with Gasteiger partial charge in [-0.1, -0.05) is 0 Å². The first-order valence-electron chi connectivity index (χ1n) is 7.10. The Balaban J connectivity index is 3.42. The maximum Gasteiger partial charge on any atom is 0.264 e. The van der Waals surface area contributed by atoms with Crippen LogP contribution in [0.5, 0.6) is 0 Å². The van der Waals surface area contributed by atoms with Crippen LogP contribution in [-0.2, 0) is 61.9 Å². The zero-order valence-electron chi connectivity index (χ0n) is 15.0. The maximum atomic E-state index is 11.6. The Bertz CT molecular complexity index is 963. The van der Waals surface area contributed by atoms with E-state index in [9.17, 15) is 38.8 Å². The van der Waals surface area contributed by atoms with E-state index >= 15 is 0 Å². The topological polar surface area (TPSA) is 203 Å². The summed E-state index contributed by atoms with van der Waals surface area (Å²) in [6, 6.07) is 0. The Morgan fingerprint density at radius 2 is 1.07 bits per heavy atom. The first-order valence-corrected chi connectivity index (χ1v) is 14.4. The van der Waals surface area contributed by atoms with Gasteiger partial charge in [-0.05, 0) is 0 Å². The lowest BCUT2D eigenvalue weighted by atomic mass is 9.99. The Morgan fingerprint density at radius 1 is 0.679 bits per heavy atom. The van der Waals surface area contributed by atoms with Gasteiger partial charge < -0.3 is 9.84 Å². The lowest BCUT2D eigenvalue weighted by Gasteiger charge is -2.42.